The molecule has 3 rings (SSSR count). The number of benzene rings is 1. The molecule has 0 saturated carbocycles. The maximum absolute atomic E-state index is 13.7. The number of nitrogens with one attached hydrogen (secondary N) is 1. The minimum atomic E-state index is -0.353. The van der Waals surface area contributed by atoms with E-state index in [0.717, 1.165) is 50.9 Å². The number of nitrogens with zero attached hydrogens (tertiary/aromatic N) is 4. The Morgan fingerprint density at radius 1 is 1.28 bits per heavy atom. The first-order valence-electron chi connectivity index (χ1n) is 9.71. The number of piperazine rings is 1. The van der Waals surface area contributed by atoms with E-state index in [-0.39, 0.29) is 41.6 Å². The van der Waals surface area contributed by atoms with Crippen molar-refractivity contribution in [1.29, 1.82) is 0 Å². The number of ether oxygens (including phenoxy) is 1. The van der Waals surface area contributed by atoms with Gasteiger partial charge in [0.2, 0.25) is 0 Å². The molecule has 1 atom stereocenters. The minimum Gasteiger partial charge on any atom is -0.486 e. The van der Waals surface area contributed by atoms with Gasteiger partial charge >= 0.3 is 0 Å². The summed E-state index contributed by atoms with van der Waals surface area (Å²) in [4.78, 5) is 9.30. The number of para-hydroxylation sites is 1. The second kappa shape index (κ2) is 12.0. The number of rotatable bonds is 7. The quantitative estimate of drug-likeness (QED) is 0.346. The molecule has 1 fully saturated rings. The lowest BCUT2D eigenvalue weighted by Crippen LogP contribution is -2.52. The smallest absolute Gasteiger partial charge is 0.194 e. The first-order chi connectivity index (χ1) is 13.7. The van der Waals surface area contributed by atoms with Crippen LogP contribution in [0.2, 0.25) is 0 Å². The van der Waals surface area contributed by atoms with E-state index < -0.39 is 0 Å². The molecule has 7 nitrogen and oxygen atoms in total. The molecule has 0 amide bonds. The maximum atomic E-state index is 13.7. The van der Waals surface area contributed by atoms with Gasteiger partial charge in [0.1, 0.15) is 12.4 Å². The van der Waals surface area contributed by atoms with Gasteiger partial charge in [0.05, 0.1) is 12.2 Å². The predicted molar refractivity (Wildman–Crippen MR) is 121 cm³/mol. The van der Waals surface area contributed by atoms with Gasteiger partial charge in [-0.15, -0.1) is 24.0 Å². The molecular formula is C20H29FIN5O2. The van der Waals surface area contributed by atoms with Crippen LogP contribution in [0.5, 0.6) is 5.75 Å². The van der Waals surface area contributed by atoms with Crippen LogP contribution in [0.3, 0.4) is 0 Å². The van der Waals surface area contributed by atoms with Gasteiger partial charge in [0, 0.05) is 45.3 Å². The molecule has 0 aliphatic carbocycles. The molecular weight excluding hydrogens is 488 g/mol. The van der Waals surface area contributed by atoms with Gasteiger partial charge in [0.15, 0.2) is 17.5 Å². The van der Waals surface area contributed by atoms with E-state index in [1.807, 2.05) is 13.0 Å². The van der Waals surface area contributed by atoms with Crippen molar-refractivity contribution in [3.8, 4) is 5.75 Å². The summed E-state index contributed by atoms with van der Waals surface area (Å²) in [6.07, 6.45) is 1.38. The molecule has 1 aliphatic rings. The zero-order valence-electron chi connectivity index (χ0n) is 16.9. The second-order valence-corrected chi connectivity index (χ2v) is 6.81. The van der Waals surface area contributed by atoms with Crippen LogP contribution in [0, 0.1) is 5.82 Å². The van der Waals surface area contributed by atoms with E-state index >= 15 is 0 Å². The monoisotopic (exact) mass is 517 g/mol. The number of hydrogen-bond acceptors (Lipinski definition) is 5. The molecule has 29 heavy (non-hydrogen) atoms. The Morgan fingerprint density at radius 2 is 2.03 bits per heavy atom. The topological polar surface area (TPSA) is 66.1 Å². The Balaban J connectivity index is 0.00000300. The molecule has 1 aliphatic heterocycles. The van der Waals surface area contributed by atoms with E-state index in [1.165, 1.54) is 6.07 Å². The van der Waals surface area contributed by atoms with E-state index in [1.54, 1.807) is 24.5 Å². The normalized spacial score (nSPS) is 16.2. The van der Waals surface area contributed by atoms with Crippen molar-refractivity contribution in [2.75, 3.05) is 39.3 Å². The van der Waals surface area contributed by atoms with Crippen LogP contribution in [-0.4, -0.2) is 66.3 Å². The highest BCUT2D eigenvalue weighted by Gasteiger charge is 2.20. The molecule has 2 aromatic rings. The van der Waals surface area contributed by atoms with Gasteiger partial charge in [-0.3, -0.25) is 4.90 Å². The van der Waals surface area contributed by atoms with Crippen LogP contribution in [0.4, 0.5) is 4.39 Å². The molecule has 2 heterocycles. The molecule has 0 spiro atoms. The fourth-order valence-corrected chi connectivity index (χ4v) is 3.10. The van der Waals surface area contributed by atoms with Gasteiger partial charge in [0.25, 0.3) is 0 Å². The highest BCUT2D eigenvalue weighted by atomic mass is 127. The van der Waals surface area contributed by atoms with Crippen LogP contribution in [0.1, 0.15) is 19.5 Å². The number of aliphatic imine (C=N–C) groups is 1. The Morgan fingerprint density at radius 3 is 2.69 bits per heavy atom. The van der Waals surface area contributed by atoms with Crippen molar-refractivity contribution in [1.82, 2.24) is 20.3 Å². The Bertz CT molecular complexity index is 751. The summed E-state index contributed by atoms with van der Waals surface area (Å²) in [7, 11) is 0. The molecule has 160 valence electrons. The van der Waals surface area contributed by atoms with E-state index in [9.17, 15) is 4.39 Å². The average Bonchev–Trinajstić information content (AvgIpc) is 3.21. The van der Waals surface area contributed by atoms with Crippen LogP contribution in [0.25, 0.3) is 0 Å². The first kappa shape index (κ1) is 23.4. The van der Waals surface area contributed by atoms with Crippen molar-refractivity contribution in [3.63, 3.8) is 0 Å². The van der Waals surface area contributed by atoms with Gasteiger partial charge < -0.3 is 19.5 Å². The number of halogens is 2. The number of hydrogen-bond donors (Lipinski definition) is 1. The van der Waals surface area contributed by atoms with Crippen molar-refractivity contribution < 1.29 is 13.7 Å². The third-order valence-electron chi connectivity index (χ3n) is 4.55. The summed E-state index contributed by atoms with van der Waals surface area (Å²) >= 11 is 0. The summed E-state index contributed by atoms with van der Waals surface area (Å²) < 4.78 is 24.3. The van der Waals surface area contributed by atoms with Crippen LogP contribution in [-0.2, 0) is 6.54 Å². The zero-order valence-corrected chi connectivity index (χ0v) is 19.2. The fourth-order valence-electron chi connectivity index (χ4n) is 3.10. The SMILES string of the molecule is CCNC(=NCC(C)Oc1ccccc1F)N1CCN(Cc2ccon2)CC1.I. The van der Waals surface area contributed by atoms with E-state index in [2.05, 4.69) is 27.2 Å². The van der Waals surface area contributed by atoms with Crippen molar-refractivity contribution in [2.24, 2.45) is 4.99 Å². The summed E-state index contributed by atoms with van der Waals surface area (Å²) in [6.45, 7) is 9.61. The molecule has 1 saturated heterocycles. The lowest BCUT2D eigenvalue weighted by molar-refractivity contribution is 0.168. The molecule has 0 radical (unpaired) electrons. The maximum Gasteiger partial charge on any atom is 0.194 e. The summed E-state index contributed by atoms with van der Waals surface area (Å²) in [6, 6.07) is 8.34. The average molecular weight is 517 g/mol. The molecule has 1 aromatic heterocycles. The molecule has 1 aromatic carbocycles. The van der Waals surface area contributed by atoms with Crippen LogP contribution < -0.4 is 10.1 Å². The largest absolute Gasteiger partial charge is 0.486 e. The Kier molecular flexibility index (Phi) is 9.65. The van der Waals surface area contributed by atoms with Crippen molar-refractivity contribution in [3.05, 3.63) is 48.1 Å². The second-order valence-electron chi connectivity index (χ2n) is 6.81. The molecule has 1 unspecified atom stereocenters. The fraction of sp³-hybridized carbons (Fsp3) is 0.500. The van der Waals surface area contributed by atoms with E-state index in [4.69, 9.17) is 14.3 Å². The van der Waals surface area contributed by atoms with Gasteiger partial charge in [-0.25, -0.2) is 9.38 Å². The number of guanidine groups is 1. The highest BCUT2D eigenvalue weighted by molar-refractivity contribution is 14.0. The summed E-state index contributed by atoms with van der Waals surface area (Å²) in [5.74, 6) is 0.776. The lowest BCUT2D eigenvalue weighted by atomic mass is 10.3. The first-order valence-corrected chi connectivity index (χ1v) is 9.71. The molecule has 0 bridgehead atoms. The van der Waals surface area contributed by atoms with E-state index in [0.29, 0.717) is 6.54 Å². The van der Waals surface area contributed by atoms with Crippen molar-refractivity contribution in [2.45, 2.75) is 26.5 Å². The van der Waals surface area contributed by atoms with Crippen molar-refractivity contribution >= 4 is 29.9 Å². The van der Waals surface area contributed by atoms with Crippen LogP contribution in [0.15, 0.2) is 46.1 Å². The number of aromatic nitrogens is 1. The Labute approximate surface area is 188 Å². The van der Waals surface area contributed by atoms with Gasteiger partial charge in [-0.1, -0.05) is 17.3 Å². The Hall–Kier alpha value is -1.88. The standard InChI is InChI=1S/C20H28FN5O2.HI/c1-3-22-20(23-14-16(2)28-19-7-5-4-6-18(19)21)26-11-9-25(10-12-26)15-17-8-13-27-24-17;/h4-8,13,16H,3,9-12,14-15H2,1-2H3,(H,22,23);1H. The highest BCUT2D eigenvalue weighted by Crippen LogP contribution is 2.17. The van der Waals surface area contributed by atoms with Gasteiger partial charge in [-0.2, -0.15) is 0 Å². The minimum absolute atomic E-state index is 0. The third kappa shape index (κ3) is 7.14. The summed E-state index contributed by atoms with van der Waals surface area (Å²) in [5.41, 5.74) is 0.952. The lowest BCUT2D eigenvalue weighted by Gasteiger charge is -2.36. The predicted octanol–water partition coefficient (Wildman–Crippen LogP) is 2.98. The van der Waals surface area contributed by atoms with Gasteiger partial charge in [-0.05, 0) is 26.0 Å². The molecule has 1 N–H and O–H groups in total. The summed E-state index contributed by atoms with van der Waals surface area (Å²) in [5, 5.41) is 7.32. The molecule has 9 heteroatoms. The zero-order chi connectivity index (χ0) is 19.8. The third-order valence-corrected chi connectivity index (χ3v) is 4.55. The van der Waals surface area contributed by atoms with Crippen LogP contribution >= 0.6 is 24.0 Å².